The van der Waals surface area contributed by atoms with Crippen molar-refractivity contribution in [1.82, 2.24) is 15.0 Å². The molecule has 16 heteroatoms. The van der Waals surface area contributed by atoms with Crippen molar-refractivity contribution < 1.29 is 40.2 Å². The largest absolute Gasteiger partial charge is 0.457 e. The quantitative estimate of drug-likeness (QED) is 0.117. The van der Waals surface area contributed by atoms with E-state index in [-0.39, 0.29) is 15.8 Å². The monoisotopic (exact) mass is 866 g/mol. The Balaban J connectivity index is 1.12. The maximum absolute atomic E-state index is 11.6. The lowest BCUT2D eigenvalue weighted by Crippen LogP contribution is -2.16. The molecule has 9 rings (SSSR count). The number of rotatable bonds is 11. The third-order valence-electron chi connectivity index (χ3n) is 9.27. The number of hydrogen-bond donors (Lipinski definition) is 2. The summed E-state index contributed by atoms with van der Waals surface area (Å²) < 4.78 is 84.2. The third kappa shape index (κ3) is 8.65. The summed E-state index contributed by atoms with van der Waals surface area (Å²) in [4.78, 5) is 17.3. The zero-order chi connectivity index (χ0) is 42.1. The second-order valence-corrected chi connectivity index (χ2v) is 17.3. The molecule has 7 aromatic carbocycles. The number of aromatic nitrogens is 3. The van der Waals surface area contributed by atoms with Gasteiger partial charge in [0.25, 0.3) is 20.2 Å². The van der Waals surface area contributed by atoms with E-state index in [2.05, 4.69) is 0 Å². The molecule has 0 aliphatic carbocycles. The van der Waals surface area contributed by atoms with Crippen LogP contribution in [0.15, 0.2) is 189 Å². The van der Waals surface area contributed by atoms with Gasteiger partial charge in [-0.05, 0) is 97.1 Å². The third-order valence-corrected chi connectivity index (χ3v) is 12.1. The van der Waals surface area contributed by atoms with Gasteiger partial charge in [-0.25, -0.2) is 4.98 Å². The molecule has 13 nitrogen and oxygen atoms in total. The summed E-state index contributed by atoms with van der Waals surface area (Å²) in [5.41, 5.74) is 3.79. The molecule has 8 aromatic rings. The molecule has 2 heterocycles. The summed E-state index contributed by atoms with van der Waals surface area (Å²) in [7, 11) is -8.76. The van der Waals surface area contributed by atoms with E-state index in [0.717, 1.165) is 32.3 Å². The second kappa shape index (κ2) is 16.2. The van der Waals surface area contributed by atoms with E-state index in [1.807, 2.05) is 114 Å². The van der Waals surface area contributed by atoms with Gasteiger partial charge in [-0.3, -0.25) is 9.11 Å². The van der Waals surface area contributed by atoms with Crippen LogP contribution in [-0.4, -0.2) is 40.9 Å². The summed E-state index contributed by atoms with van der Waals surface area (Å²) in [6.07, 6.45) is 0. The van der Waals surface area contributed by atoms with Gasteiger partial charge in [0.2, 0.25) is 0 Å². The first kappa shape index (κ1) is 39.4. The molecule has 0 saturated carbocycles. The zero-order valence-electron chi connectivity index (χ0n) is 31.4. The summed E-state index contributed by atoms with van der Waals surface area (Å²) in [5.74, 6) is 2.92. The van der Waals surface area contributed by atoms with E-state index in [1.54, 1.807) is 12.1 Å². The first-order valence-corrected chi connectivity index (χ1v) is 22.0. The van der Waals surface area contributed by atoms with Crippen LogP contribution in [0.1, 0.15) is 0 Å². The van der Waals surface area contributed by atoms with Crippen molar-refractivity contribution in [1.29, 1.82) is 0 Å². The molecule has 0 atom stereocenters. The highest BCUT2D eigenvalue weighted by Gasteiger charge is 2.29. The predicted octanol–water partition coefficient (Wildman–Crippen LogP) is 11.0. The van der Waals surface area contributed by atoms with Gasteiger partial charge in [0.05, 0.1) is 26.9 Å². The van der Waals surface area contributed by atoms with Crippen molar-refractivity contribution in [3.8, 4) is 57.5 Å². The Hall–Kier alpha value is -7.08. The molecule has 0 saturated heterocycles. The van der Waals surface area contributed by atoms with Crippen LogP contribution in [0.25, 0.3) is 22.8 Å². The van der Waals surface area contributed by atoms with Crippen molar-refractivity contribution in [2.24, 2.45) is 0 Å². The molecule has 1 aliphatic heterocycles. The molecule has 0 radical (unpaired) electrons. The normalized spacial score (nSPS) is 12.3. The minimum absolute atomic E-state index is 0.0829. The fourth-order valence-electron chi connectivity index (χ4n) is 6.45. The smallest absolute Gasteiger partial charge is 0.326 e. The lowest BCUT2D eigenvalue weighted by Gasteiger charge is -2.34. The van der Waals surface area contributed by atoms with Crippen LogP contribution in [0.3, 0.4) is 0 Å². The summed E-state index contributed by atoms with van der Waals surface area (Å²) in [6, 6.07) is 48.6. The van der Waals surface area contributed by atoms with Crippen LogP contribution in [-0.2, 0) is 20.2 Å². The maximum Gasteiger partial charge on any atom is 0.326 e. The highest BCUT2D eigenvalue weighted by molar-refractivity contribution is 7.99. The molecular formula is C45H30N4O9S3. The Labute approximate surface area is 354 Å². The average Bonchev–Trinajstić information content (AvgIpc) is 3.26. The van der Waals surface area contributed by atoms with E-state index in [9.17, 15) is 25.9 Å². The molecule has 0 bridgehead atoms. The number of ether oxygens (including phenoxy) is 3. The van der Waals surface area contributed by atoms with Crippen molar-refractivity contribution in [3.05, 3.63) is 170 Å². The van der Waals surface area contributed by atoms with Crippen molar-refractivity contribution >= 4 is 49.1 Å². The second-order valence-electron chi connectivity index (χ2n) is 13.4. The number of fused-ring (bicyclic) bond motifs is 2. The number of hydrogen-bond acceptors (Lipinski definition) is 12. The summed E-state index contributed by atoms with van der Waals surface area (Å²) in [5, 5.41) is 0. The maximum atomic E-state index is 11.6. The molecule has 0 amide bonds. The first-order chi connectivity index (χ1) is 29.4. The Morgan fingerprint density at radius 1 is 0.443 bits per heavy atom. The molecule has 61 heavy (non-hydrogen) atoms. The van der Waals surface area contributed by atoms with Crippen LogP contribution in [0, 0.1) is 0 Å². The standard InChI is InChI=1S/C45H30N4O9S3/c50-60(51,52)35-21-15-31(16-22-35)56-33-19-25-38-41(27-33)59-42-28-34(57-32-17-23-36(24-18-32)61(53,54)55)20-26-39(42)49(38)37-13-7-8-14-40(37)58-45-47-43(29-9-3-1-4-10-29)46-44(48-45)30-11-5-2-6-12-30/h1-28H,(H,50,51,52)(H,53,54,55). The van der Waals surface area contributed by atoms with Crippen LogP contribution in [0.2, 0.25) is 0 Å². The summed E-state index contributed by atoms with van der Waals surface area (Å²) in [6.45, 7) is 0. The lowest BCUT2D eigenvalue weighted by atomic mass is 10.1. The van der Waals surface area contributed by atoms with E-state index in [1.165, 1.54) is 60.3 Å². The molecule has 302 valence electrons. The van der Waals surface area contributed by atoms with Crippen molar-refractivity contribution in [2.75, 3.05) is 4.90 Å². The van der Waals surface area contributed by atoms with Gasteiger partial charge < -0.3 is 19.1 Å². The number of para-hydroxylation sites is 2. The number of anilines is 3. The average molecular weight is 867 g/mol. The molecule has 0 spiro atoms. The molecule has 0 unspecified atom stereocenters. The van der Waals surface area contributed by atoms with Crippen molar-refractivity contribution in [2.45, 2.75) is 19.6 Å². The minimum Gasteiger partial charge on any atom is -0.457 e. The predicted molar refractivity (Wildman–Crippen MR) is 229 cm³/mol. The minimum atomic E-state index is -4.38. The van der Waals surface area contributed by atoms with Crippen LogP contribution < -0.4 is 19.1 Å². The fraction of sp³-hybridized carbons (Fsp3) is 0. The molecule has 1 aliphatic rings. The Bertz CT molecular complexity index is 2960. The fourth-order valence-corrected chi connectivity index (χ4v) is 8.52. The van der Waals surface area contributed by atoms with Crippen LogP contribution in [0.5, 0.6) is 34.8 Å². The van der Waals surface area contributed by atoms with E-state index in [0.29, 0.717) is 46.1 Å². The Morgan fingerprint density at radius 2 is 0.869 bits per heavy atom. The van der Waals surface area contributed by atoms with Crippen molar-refractivity contribution in [3.63, 3.8) is 0 Å². The Morgan fingerprint density at radius 3 is 1.33 bits per heavy atom. The Kier molecular flexibility index (Phi) is 10.4. The molecule has 2 N–H and O–H groups in total. The SMILES string of the molecule is O=S(=O)(O)c1ccc(Oc2ccc3c(c2)Sc2cc(Oc4ccc(S(=O)(=O)O)cc4)ccc2N3c2ccccc2Oc2nc(-c3ccccc3)nc(-c3ccccc3)n2)cc1. The zero-order valence-corrected chi connectivity index (χ0v) is 33.9. The van der Waals surface area contributed by atoms with Gasteiger partial charge in [0.15, 0.2) is 17.4 Å². The van der Waals surface area contributed by atoms with Crippen LogP contribution >= 0.6 is 11.8 Å². The van der Waals surface area contributed by atoms with E-state index >= 15 is 0 Å². The van der Waals surface area contributed by atoms with E-state index < -0.39 is 20.2 Å². The van der Waals surface area contributed by atoms with Gasteiger partial charge in [0, 0.05) is 20.9 Å². The highest BCUT2D eigenvalue weighted by atomic mass is 32.2. The van der Waals surface area contributed by atoms with Gasteiger partial charge in [-0.1, -0.05) is 84.6 Å². The van der Waals surface area contributed by atoms with Gasteiger partial charge in [-0.15, -0.1) is 0 Å². The van der Waals surface area contributed by atoms with Gasteiger partial charge in [-0.2, -0.15) is 26.8 Å². The van der Waals surface area contributed by atoms with Gasteiger partial charge in [0.1, 0.15) is 23.0 Å². The number of nitrogens with zero attached hydrogens (tertiary/aromatic N) is 4. The molecule has 0 fully saturated rings. The molecular weight excluding hydrogens is 837 g/mol. The molecule has 1 aromatic heterocycles. The summed E-state index contributed by atoms with van der Waals surface area (Å²) >= 11 is 1.45. The van der Waals surface area contributed by atoms with Crippen LogP contribution in [0.4, 0.5) is 17.1 Å². The van der Waals surface area contributed by atoms with E-state index in [4.69, 9.17) is 29.2 Å². The van der Waals surface area contributed by atoms with Gasteiger partial charge >= 0.3 is 6.01 Å². The highest BCUT2D eigenvalue weighted by Crippen LogP contribution is 2.55. The lowest BCUT2D eigenvalue weighted by molar-refractivity contribution is 0.442. The topological polar surface area (TPSA) is 178 Å². The first-order valence-electron chi connectivity index (χ1n) is 18.4. The number of benzene rings is 7.